The van der Waals surface area contributed by atoms with Gasteiger partial charge in [-0.1, -0.05) is 32.9 Å². The van der Waals surface area contributed by atoms with Gasteiger partial charge in [-0.15, -0.1) is 13.2 Å². The van der Waals surface area contributed by atoms with E-state index in [4.69, 9.17) is 0 Å². The Morgan fingerprint density at radius 2 is 1.88 bits per heavy atom. The van der Waals surface area contributed by atoms with Crippen LogP contribution in [0.4, 0.5) is 0 Å². The number of nitrogens with zero attached hydrogens (tertiary/aromatic N) is 1. The number of hydrogen-bond acceptors (Lipinski definition) is 2. The molecule has 5 atom stereocenters. The first-order valence-corrected chi connectivity index (χ1v) is 12.8. The summed E-state index contributed by atoms with van der Waals surface area (Å²) in [4.78, 5) is 14.6. The van der Waals surface area contributed by atoms with Gasteiger partial charge in [-0.2, -0.15) is 8.46 Å². The molecule has 2 aliphatic rings. The van der Waals surface area contributed by atoms with E-state index in [0.29, 0.717) is 24.8 Å². The van der Waals surface area contributed by atoms with Gasteiger partial charge in [0.2, 0.25) is 5.91 Å². The fourth-order valence-electron chi connectivity index (χ4n) is 4.88. The zero-order valence-corrected chi connectivity index (χ0v) is 17.8. The molecule has 2 rings (SSSR count). The Hall–Kier alpha value is -0.260. The van der Waals surface area contributed by atoms with E-state index >= 15 is 0 Å². The fraction of sp³-hybridized carbons (Fsp3) is 0.737. The monoisotopic (exact) mass is 417 g/mol. The van der Waals surface area contributed by atoms with E-state index in [9.17, 15) is 9.90 Å². The molecule has 2 bridgehead atoms. The normalized spacial score (nSPS) is 37.5. The highest BCUT2D eigenvalue weighted by molar-refractivity contribution is 9.58. The second kappa shape index (κ2) is 6.81. The zero-order valence-electron chi connectivity index (χ0n) is 15.4. The van der Waals surface area contributed by atoms with E-state index in [1.165, 1.54) is 0 Å². The van der Waals surface area contributed by atoms with Crippen LogP contribution in [0.5, 0.6) is 0 Å². The molecule has 1 amide bonds. The number of amides is 1. The molecule has 0 aromatic heterocycles. The summed E-state index contributed by atoms with van der Waals surface area (Å²) in [5, 5.41) is 11.3. The Morgan fingerprint density at radius 3 is 2.29 bits per heavy atom. The number of aliphatic hydroxyl groups is 1. The molecule has 2 aliphatic carbocycles. The van der Waals surface area contributed by atoms with Gasteiger partial charge >= 0.3 is 0 Å². The second-order valence-corrected chi connectivity index (χ2v) is 15.6. The van der Waals surface area contributed by atoms with Gasteiger partial charge in [0.05, 0.1) is 11.9 Å². The first-order valence-electron chi connectivity index (χ1n) is 8.65. The third-order valence-corrected chi connectivity index (χ3v) is 11.3. The number of carbonyl (C=O) groups is 1. The highest BCUT2D eigenvalue weighted by Crippen LogP contribution is 2.75. The summed E-state index contributed by atoms with van der Waals surface area (Å²) >= 11 is 3.92. The lowest BCUT2D eigenvalue weighted by Gasteiger charge is -2.44. The quantitative estimate of drug-likeness (QED) is 0.632. The number of carbonyl (C=O) groups excluding carboxylic acids is 1. The van der Waals surface area contributed by atoms with Crippen LogP contribution in [0.2, 0.25) is 0 Å². The Balaban J connectivity index is 2.20. The molecule has 138 valence electrons. The summed E-state index contributed by atoms with van der Waals surface area (Å²) < 4.78 is 0. The van der Waals surface area contributed by atoms with Crippen molar-refractivity contribution < 1.29 is 9.90 Å². The van der Waals surface area contributed by atoms with Crippen LogP contribution in [0.15, 0.2) is 25.3 Å². The third kappa shape index (κ3) is 3.01. The van der Waals surface area contributed by atoms with Crippen LogP contribution < -0.4 is 0 Å². The Bertz CT molecular complexity index is 523. The highest BCUT2D eigenvalue weighted by Gasteiger charge is 2.68. The first-order chi connectivity index (χ1) is 11.0. The molecule has 5 unspecified atom stereocenters. The van der Waals surface area contributed by atoms with Crippen LogP contribution in [0.3, 0.4) is 0 Å². The number of hydrogen-bond donors (Lipinski definition) is 1. The average molecular weight is 418 g/mol. The predicted molar refractivity (Wildman–Crippen MR) is 109 cm³/mol. The van der Waals surface area contributed by atoms with E-state index in [1.807, 2.05) is 0 Å². The van der Waals surface area contributed by atoms with Crippen molar-refractivity contribution >= 4 is 29.2 Å². The standard InChI is InChI=1S/C19H32BrNO2S/c1-7-11-21(12-8-2)15(22)13-24(6,20)16-14-9-10-19(5,17(16)23)18(14,3)4/h7-8,14,16-17,23H,1-2,9-13H2,3-6H3. The third-order valence-electron chi connectivity index (χ3n) is 6.76. The van der Waals surface area contributed by atoms with Crippen molar-refractivity contribution in [2.24, 2.45) is 16.7 Å². The van der Waals surface area contributed by atoms with Crippen LogP contribution in [0.25, 0.3) is 0 Å². The van der Waals surface area contributed by atoms with Gasteiger partial charge in [-0.05, 0) is 50.7 Å². The molecule has 3 nitrogen and oxygen atoms in total. The van der Waals surface area contributed by atoms with Crippen LogP contribution in [-0.2, 0) is 4.79 Å². The van der Waals surface area contributed by atoms with Crippen LogP contribution in [-0.4, -0.2) is 52.4 Å². The van der Waals surface area contributed by atoms with Gasteiger partial charge < -0.3 is 10.0 Å². The number of halogens is 1. The number of rotatable bonds is 7. The summed E-state index contributed by atoms with van der Waals surface area (Å²) in [6.07, 6.45) is 7.54. The van der Waals surface area contributed by atoms with E-state index in [1.54, 1.807) is 17.1 Å². The molecule has 0 spiro atoms. The molecule has 0 heterocycles. The second-order valence-electron chi connectivity index (χ2n) is 8.26. The molecule has 0 aliphatic heterocycles. The SMILES string of the molecule is C=CCN(CC=C)C(=O)CS(C)(Br)C1C2CCC(C)(C1O)C2(C)C. The van der Waals surface area contributed by atoms with Crippen molar-refractivity contribution in [3.8, 4) is 0 Å². The molecular formula is C19H32BrNO2S. The van der Waals surface area contributed by atoms with E-state index in [-0.39, 0.29) is 28.1 Å². The summed E-state index contributed by atoms with van der Waals surface area (Å²) in [6.45, 7) is 15.4. The van der Waals surface area contributed by atoms with E-state index in [2.05, 4.69) is 55.0 Å². The van der Waals surface area contributed by atoms with Gasteiger partial charge in [-0.25, -0.2) is 0 Å². The lowest BCUT2D eigenvalue weighted by atomic mass is 9.70. The molecule has 2 saturated carbocycles. The molecule has 2 fully saturated rings. The van der Waals surface area contributed by atoms with Crippen LogP contribution in [0.1, 0.15) is 33.6 Å². The van der Waals surface area contributed by atoms with E-state index < -0.39 is 8.46 Å². The molecule has 0 radical (unpaired) electrons. The van der Waals surface area contributed by atoms with Gasteiger partial charge in [0, 0.05) is 18.3 Å². The molecule has 24 heavy (non-hydrogen) atoms. The fourth-order valence-corrected chi connectivity index (χ4v) is 9.72. The average Bonchev–Trinajstić information content (AvgIpc) is 2.78. The maximum atomic E-state index is 12.8. The van der Waals surface area contributed by atoms with Crippen molar-refractivity contribution in [2.75, 3.05) is 25.1 Å². The molecule has 0 aromatic carbocycles. The summed E-state index contributed by atoms with van der Waals surface area (Å²) in [5.74, 6) is 1.04. The highest BCUT2D eigenvalue weighted by atomic mass is 79.9. The summed E-state index contributed by atoms with van der Waals surface area (Å²) in [5.41, 5.74) is 0.0689. The first kappa shape index (κ1) is 20.1. The summed E-state index contributed by atoms with van der Waals surface area (Å²) in [6, 6.07) is 0. The molecular weight excluding hydrogens is 386 g/mol. The van der Waals surface area contributed by atoms with Crippen molar-refractivity contribution in [1.82, 2.24) is 4.90 Å². The summed E-state index contributed by atoms with van der Waals surface area (Å²) in [7, 11) is -1.43. The van der Waals surface area contributed by atoms with Gasteiger partial charge in [-0.3, -0.25) is 4.79 Å². The largest absolute Gasteiger partial charge is 0.391 e. The van der Waals surface area contributed by atoms with Gasteiger partial charge in [0.25, 0.3) is 0 Å². The molecule has 1 N–H and O–H groups in total. The number of aliphatic hydroxyl groups excluding tert-OH is 1. The minimum absolute atomic E-state index is 0.0463. The maximum absolute atomic E-state index is 12.8. The molecule has 0 aromatic rings. The van der Waals surface area contributed by atoms with Crippen molar-refractivity contribution in [2.45, 2.75) is 45.0 Å². The molecule has 0 saturated heterocycles. The van der Waals surface area contributed by atoms with Gasteiger partial charge in [0.1, 0.15) is 0 Å². The Labute approximate surface area is 156 Å². The van der Waals surface area contributed by atoms with Crippen LogP contribution in [0, 0.1) is 16.7 Å². The van der Waals surface area contributed by atoms with Gasteiger partial charge in [0.15, 0.2) is 0 Å². The van der Waals surface area contributed by atoms with Crippen molar-refractivity contribution in [3.05, 3.63) is 25.3 Å². The lowest BCUT2D eigenvalue weighted by molar-refractivity contribution is -0.127. The van der Waals surface area contributed by atoms with Crippen molar-refractivity contribution in [3.63, 3.8) is 0 Å². The smallest absolute Gasteiger partial charge is 0.232 e. The van der Waals surface area contributed by atoms with Crippen LogP contribution >= 0.6 is 23.3 Å². The van der Waals surface area contributed by atoms with E-state index in [0.717, 1.165) is 12.8 Å². The lowest BCUT2D eigenvalue weighted by Crippen LogP contribution is -2.43. The maximum Gasteiger partial charge on any atom is 0.232 e. The topological polar surface area (TPSA) is 40.5 Å². The Morgan fingerprint density at radius 1 is 1.33 bits per heavy atom. The Kier molecular flexibility index (Phi) is 5.69. The minimum Gasteiger partial charge on any atom is -0.391 e. The molecule has 5 heteroatoms. The number of fused-ring (bicyclic) bond motifs is 2. The zero-order chi connectivity index (χ0) is 18.3. The minimum atomic E-state index is -1.43. The predicted octanol–water partition coefficient (Wildman–Crippen LogP) is 4.12. The van der Waals surface area contributed by atoms with Crippen molar-refractivity contribution in [1.29, 1.82) is 0 Å².